The van der Waals surface area contributed by atoms with Gasteiger partial charge in [-0.05, 0) is 37.1 Å². The van der Waals surface area contributed by atoms with Crippen molar-refractivity contribution in [2.45, 2.75) is 12.8 Å². The van der Waals surface area contributed by atoms with E-state index in [9.17, 15) is 4.79 Å². The molecule has 122 valence electrons. The molecule has 1 fully saturated rings. The number of nitrogens with one attached hydrogen (secondary N) is 1. The van der Waals surface area contributed by atoms with Gasteiger partial charge in [0, 0.05) is 31.0 Å². The van der Waals surface area contributed by atoms with Gasteiger partial charge in [-0.25, -0.2) is 14.8 Å². The first kappa shape index (κ1) is 14.7. The van der Waals surface area contributed by atoms with Crippen LogP contribution in [0, 0.1) is 0 Å². The number of methoxy groups -OCH3 is 1. The first-order valence-corrected chi connectivity index (χ1v) is 8.04. The van der Waals surface area contributed by atoms with Gasteiger partial charge >= 0.3 is 5.97 Å². The summed E-state index contributed by atoms with van der Waals surface area (Å²) in [5.41, 5.74) is 3.85. The van der Waals surface area contributed by atoms with Crippen LogP contribution in [-0.2, 0) is 4.74 Å². The van der Waals surface area contributed by atoms with Crippen LogP contribution in [0.5, 0.6) is 0 Å². The summed E-state index contributed by atoms with van der Waals surface area (Å²) >= 11 is 0. The summed E-state index contributed by atoms with van der Waals surface area (Å²) in [5.74, 6) is 0.512. The lowest BCUT2D eigenvalue weighted by molar-refractivity contribution is 0.0601. The lowest BCUT2D eigenvalue weighted by atomic mass is 10.1. The van der Waals surface area contributed by atoms with Gasteiger partial charge in [-0.15, -0.1) is 0 Å². The van der Waals surface area contributed by atoms with Crippen LogP contribution in [0.2, 0.25) is 0 Å². The third-order valence-electron chi connectivity index (χ3n) is 4.34. The molecule has 0 atom stereocenters. The van der Waals surface area contributed by atoms with Crippen molar-refractivity contribution >= 4 is 22.8 Å². The number of hydrogen-bond acceptors (Lipinski definition) is 5. The molecule has 0 amide bonds. The molecule has 1 aliphatic heterocycles. The number of fused-ring (bicyclic) bond motifs is 1. The molecule has 1 aromatic carbocycles. The Balaban J connectivity index is 1.90. The zero-order valence-electron chi connectivity index (χ0n) is 13.5. The molecule has 1 saturated heterocycles. The predicted molar refractivity (Wildman–Crippen MR) is 92.1 cm³/mol. The average Bonchev–Trinajstić information content (AvgIpc) is 3.32. The molecule has 0 aliphatic carbocycles. The summed E-state index contributed by atoms with van der Waals surface area (Å²) in [5, 5.41) is 0. The summed E-state index contributed by atoms with van der Waals surface area (Å²) in [4.78, 5) is 26.8. The summed E-state index contributed by atoms with van der Waals surface area (Å²) in [6.07, 6.45) is 6.14. The number of carbonyl (C=O) groups excluding carboxylic acids is 1. The highest BCUT2D eigenvalue weighted by molar-refractivity contribution is 5.94. The van der Waals surface area contributed by atoms with Gasteiger partial charge in [-0.1, -0.05) is 0 Å². The van der Waals surface area contributed by atoms with Crippen molar-refractivity contribution in [1.82, 2.24) is 15.0 Å². The van der Waals surface area contributed by atoms with Gasteiger partial charge in [0.25, 0.3) is 0 Å². The van der Waals surface area contributed by atoms with Gasteiger partial charge in [0.1, 0.15) is 5.69 Å². The van der Waals surface area contributed by atoms with Gasteiger partial charge in [-0.2, -0.15) is 0 Å². The van der Waals surface area contributed by atoms with Crippen LogP contribution in [0.15, 0.2) is 36.7 Å². The van der Waals surface area contributed by atoms with E-state index in [0.717, 1.165) is 48.5 Å². The lowest BCUT2D eigenvalue weighted by Crippen LogP contribution is -2.20. The van der Waals surface area contributed by atoms with Crippen LogP contribution in [-0.4, -0.2) is 41.1 Å². The molecule has 1 aliphatic rings. The minimum Gasteiger partial charge on any atom is -0.465 e. The second-order valence-corrected chi connectivity index (χ2v) is 5.88. The van der Waals surface area contributed by atoms with Crippen LogP contribution in [0.4, 0.5) is 5.82 Å². The SMILES string of the molecule is COC(=O)c1ccc2nc(-c3cc[nH]c3)c(N3CCCC3)nc2c1. The van der Waals surface area contributed by atoms with Gasteiger partial charge < -0.3 is 14.6 Å². The quantitative estimate of drug-likeness (QED) is 0.751. The smallest absolute Gasteiger partial charge is 0.337 e. The third-order valence-corrected chi connectivity index (χ3v) is 4.34. The topological polar surface area (TPSA) is 71.1 Å². The fourth-order valence-corrected chi connectivity index (χ4v) is 3.10. The monoisotopic (exact) mass is 322 g/mol. The van der Waals surface area contributed by atoms with E-state index in [4.69, 9.17) is 14.7 Å². The average molecular weight is 322 g/mol. The molecule has 6 nitrogen and oxygen atoms in total. The Morgan fingerprint density at radius 3 is 2.71 bits per heavy atom. The zero-order chi connectivity index (χ0) is 16.5. The first-order valence-electron chi connectivity index (χ1n) is 8.04. The Morgan fingerprint density at radius 2 is 2.00 bits per heavy atom. The molecule has 0 spiro atoms. The van der Waals surface area contributed by atoms with Crippen molar-refractivity contribution < 1.29 is 9.53 Å². The van der Waals surface area contributed by atoms with Crippen LogP contribution in [0.25, 0.3) is 22.3 Å². The van der Waals surface area contributed by atoms with Crippen LogP contribution in [0.1, 0.15) is 23.2 Å². The second kappa shape index (κ2) is 5.96. The maximum Gasteiger partial charge on any atom is 0.337 e. The van der Waals surface area contributed by atoms with E-state index in [1.807, 2.05) is 24.5 Å². The fraction of sp³-hybridized carbons (Fsp3) is 0.278. The highest BCUT2D eigenvalue weighted by Crippen LogP contribution is 2.31. The van der Waals surface area contributed by atoms with Crippen LogP contribution >= 0.6 is 0 Å². The number of aromatic nitrogens is 3. The minimum atomic E-state index is -0.365. The summed E-state index contributed by atoms with van der Waals surface area (Å²) in [6.45, 7) is 1.96. The number of carbonyl (C=O) groups is 1. The van der Waals surface area contributed by atoms with E-state index >= 15 is 0 Å². The predicted octanol–water partition coefficient (Wildman–Crippen LogP) is 3.01. The molecule has 4 rings (SSSR count). The fourth-order valence-electron chi connectivity index (χ4n) is 3.10. The number of esters is 1. The van der Waals surface area contributed by atoms with Crippen molar-refractivity contribution in [3.8, 4) is 11.3 Å². The standard InChI is InChI=1S/C18H18N4O2/c1-24-18(23)12-4-5-14-15(10-12)21-17(22-8-2-3-9-22)16(20-14)13-6-7-19-11-13/h4-7,10-11,19H,2-3,8-9H2,1H3. The normalized spacial score (nSPS) is 14.3. The Kier molecular flexibility index (Phi) is 3.65. The second-order valence-electron chi connectivity index (χ2n) is 5.88. The van der Waals surface area contributed by atoms with E-state index in [1.54, 1.807) is 12.1 Å². The van der Waals surface area contributed by atoms with Crippen molar-refractivity contribution in [3.05, 3.63) is 42.2 Å². The molecule has 0 unspecified atom stereocenters. The Morgan fingerprint density at radius 1 is 1.17 bits per heavy atom. The van der Waals surface area contributed by atoms with Crippen molar-refractivity contribution in [1.29, 1.82) is 0 Å². The lowest BCUT2D eigenvalue weighted by Gasteiger charge is -2.19. The molecule has 3 aromatic rings. The summed E-state index contributed by atoms with van der Waals surface area (Å²) in [6, 6.07) is 7.28. The number of H-pyrrole nitrogens is 1. The Labute approximate surface area is 139 Å². The Bertz CT molecular complexity index is 883. The molecule has 1 N–H and O–H groups in total. The molecular weight excluding hydrogens is 304 g/mol. The summed E-state index contributed by atoms with van der Waals surface area (Å²) in [7, 11) is 1.38. The van der Waals surface area contributed by atoms with E-state index in [1.165, 1.54) is 7.11 Å². The van der Waals surface area contributed by atoms with Gasteiger partial charge in [0.05, 0.1) is 23.7 Å². The molecule has 2 aromatic heterocycles. The minimum absolute atomic E-state index is 0.365. The number of aromatic amines is 1. The van der Waals surface area contributed by atoms with Gasteiger partial charge in [0.15, 0.2) is 5.82 Å². The first-order chi connectivity index (χ1) is 11.8. The molecule has 0 saturated carbocycles. The zero-order valence-corrected chi connectivity index (χ0v) is 13.5. The number of ether oxygens (including phenoxy) is 1. The summed E-state index contributed by atoms with van der Waals surface area (Å²) < 4.78 is 4.80. The third kappa shape index (κ3) is 2.50. The number of rotatable bonds is 3. The van der Waals surface area contributed by atoms with Crippen molar-refractivity contribution in [2.75, 3.05) is 25.1 Å². The van der Waals surface area contributed by atoms with Crippen LogP contribution in [0.3, 0.4) is 0 Å². The maximum absolute atomic E-state index is 11.8. The largest absolute Gasteiger partial charge is 0.465 e. The van der Waals surface area contributed by atoms with E-state index in [-0.39, 0.29) is 5.97 Å². The molecule has 3 heterocycles. The van der Waals surface area contributed by atoms with Crippen molar-refractivity contribution in [3.63, 3.8) is 0 Å². The molecule has 0 bridgehead atoms. The van der Waals surface area contributed by atoms with Crippen molar-refractivity contribution in [2.24, 2.45) is 0 Å². The highest BCUT2D eigenvalue weighted by Gasteiger charge is 2.21. The number of nitrogens with zero attached hydrogens (tertiary/aromatic N) is 3. The van der Waals surface area contributed by atoms with E-state index in [2.05, 4.69) is 9.88 Å². The van der Waals surface area contributed by atoms with E-state index < -0.39 is 0 Å². The van der Waals surface area contributed by atoms with Gasteiger partial charge in [0.2, 0.25) is 0 Å². The number of anilines is 1. The molecule has 24 heavy (non-hydrogen) atoms. The van der Waals surface area contributed by atoms with E-state index in [0.29, 0.717) is 11.1 Å². The maximum atomic E-state index is 11.8. The number of benzene rings is 1. The van der Waals surface area contributed by atoms with Gasteiger partial charge in [-0.3, -0.25) is 0 Å². The van der Waals surface area contributed by atoms with Crippen LogP contribution < -0.4 is 4.90 Å². The number of hydrogen-bond donors (Lipinski definition) is 1. The highest BCUT2D eigenvalue weighted by atomic mass is 16.5. The molecule has 0 radical (unpaired) electrons. The Hall–Kier alpha value is -2.89. The molecule has 6 heteroatoms. The molecular formula is C18H18N4O2.